The minimum Gasteiger partial charge on any atom is -0.360 e. The number of halogens is 3. The van der Waals surface area contributed by atoms with Gasteiger partial charge in [-0.15, -0.1) is 0 Å². The van der Waals surface area contributed by atoms with Crippen molar-refractivity contribution in [2.45, 2.75) is 51.4 Å². The van der Waals surface area contributed by atoms with E-state index in [9.17, 15) is 13.2 Å². The van der Waals surface area contributed by atoms with Gasteiger partial charge in [-0.05, 0) is 32.6 Å². The summed E-state index contributed by atoms with van der Waals surface area (Å²) in [6, 6.07) is 1.97. The summed E-state index contributed by atoms with van der Waals surface area (Å²) in [5.41, 5.74) is 0.813. The van der Waals surface area contributed by atoms with E-state index in [-0.39, 0.29) is 18.9 Å². The molecule has 0 saturated heterocycles. The van der Waals surface area contributed by atoms with Gasteiger partial charge in [0.25, 0.3) is 0 Å². The van der Waals surface area contributed by atoms with Crippen LogP contribution in [-0.2, 0) is 6.54 Å². The largest absolute Gasteiger partial charge is 0.391 e. The second kappa shape index (κ2) is 5.30. The van der Waals surface area contributed by atoms with E-state index in [4.69, 9.17) is 4.52 Å². The van der Waals surface area contributed by atoms with Gasteiger partial charge in [-0.25, -0.2) is 0 Å². The zero-order chi connectivity index (χ0) is 13.2. The van der Waals surface area contributed by atoms with Crippen LogP contribution in [0.25, 0.3) is 0 Å². The fourth-order valence-corrected chi connectivity index (χ4v) is 2.37. The Morgan fingerprint density at radius 2 is 2.00 bits per heavy atom. The highest BCUT2D eigenvalue weighted by atomic mass is 19.4. The molecule has 0 unspecified atom stereocenters. The second-order valence-corrected chi connectivity index (χ2v) is 4.91. The quantitative estimate of drug-likeness (QED) is 0.909. The molecule has 0 bridgehead atoms. The van der Waals surface area contributed by atoms with E-state index < -0.39 is 12.1 Å². The molecule has 1 aliphatic carbocycles. The summed E-state index contributed by atoms with van der Waals surface area (Å²) in [4.78, 5) is 0. The third-order valence-corrected chi connectivity index (χ3v) is 3.43. The van der Waals surface area contributed by atoms with E-state index in [0.717, 1.165) is 11.5 Å². The highest BCUT2D eigenvalue weighted by Gasteiger charge is 2.41. The van der Waals surface area contributed by atoms with Gasteiger partial charge in [-0.2, -0.15) is 13.2 Å². The maximum Gasteiger partial charge on any atom is 0.391 e. The first kappa shape index (κ1) is 13.4. The van der Waals surface area contributed by atoms with Crippen LogP contribution < -0.4 is 5.32 Å². The molecule has 18 heavy (non-hydrogen) atoms. The molecule has 102 valence electrons. The first-order chi connectivity index (χ1) is 8.45. The van der Waals surface area contributed by atoms with Crippen molar-refractivity contribution in [1.29, 1.82) is 0 Å². The van der Waals surface area contributed by atoms with Crippen LogP contribution in [0.5, 0.6) is 0 Å². The minimum absolute atomic E-state index is 0.147. The zero-order valence-corrected chi connectivity index (χ0v) is 10.3. The van der Waals surface area contributed by atoms with Crippen LogP contribution in [0, 0.1) is 12.8 Å². The van der Waals surface area contributed by atoms with Gasteiger partial charge < -0.3 is 9.84 Å². The molecule has 6 heteroatoms. The SMILES string of the molecule is Cc1cc(CNC2CCC(C(F)(F)F)CC2)on1. The molecular formula is C12H17F3N2O. The van der Waals surface area contributed by atoms with E-state index in [1.165, 1.54) is 0 Å². The summed E-state index contributed by atoms with van der Waals surface area (Å²) < 4.78 is 42.5. The third-order valence-electron chi connectivity index (χ3n) is 3.43. The van der Waals surface area contributed by atoms with Crippen molar-refractivity contribution in [1.82, 2.24) is 10.5 Å². The van der Waals surface area contributed by atoms with Crippen molar-refractivity contribution >= 4 is 0 Å². The highest BCUT2D eigenvalue weighted by molar-refractivity contribution is 5.02. The Kier molecular flexibility index (Phi) is 3.94. The molecule has 3 nitrogen and oxygen atoms in total. The average Bonchev–Trinajstić information content (AvgIpc) is 2.72. The van der Waals surface area contributed by atoms with E-state index in [1.54, 1.807) is 0 Å². The van der Waals surface area contributed by atoms with Crippen LogP contribution in [0.3, 0.4) is 0 Å². The Balaban J connectivity index is 1.74. The number of rotatable bonds is 3. The monoisotopic (exact) mass is 262 g/mol. The predicted octanol–water partition coefficient (Wildman–Crippen LogP) is 3.19. The lowest BCUT2D eigenvalue weighted by atomic mass is 9.85. The van der Waals surface area contributed by atoms with E-state index >= 15 is 0 Å². The Labute approximate surface area is 104 Å². The highest BCUT2D eigenvalue weighted by Crippen LogP contribution is 2.37. The Morgan fingerprint density at radius 3 is 2.50 bits per heavy atom. The summed E-state index contributed by atoms with van der Waals surface area (Å²) in [6.45, 7) is 2.36. The number of alkyl halides is 3. The number of nitrogens with one attached hydrogen (secondary N) is 1. The molecule has 2 rings (SSSR count). The molecule has 1 fully saturated rings. The van der Waals surface area contributed by atoms with Gasteiger partial charge >= 0.3 is 6.18 Å². The van der Waals surface area contributed by atoms with Crippen LogP contribution in [0.2, 0.25) is 0 Å². The minimum atomic E-state index is -4.03. The molecule has 0 aromatic carbocycles. The van der Waals surface area contributed by atoms with Crippen molar-refractivity contribution < 1.29 is 17.7 Å². The fraction of sp³-hybridized carbons (Fsp3) is 0.750. The lowest BCUT2D eigenvalue weighted by Crippen LogP contribution is -2.36. The molecule has 0 radical (unpaired) electrons. The van der Waals surface area contributed by atoms with E-state index in [2.05, 4.69) is 10.5 Å². The van der Waals surface area contributed by atoms with Crippen LogP contribution in [-0.4, -0.2) is 17.4 Å². The smallest absolute Gasteiger partial charge is 0.360 e. The van der Waals surface area contributed by atoms with Crippen LogP contribution >= 0.6 is 0 Å². The lowest BCUT2D eigenvalue weighted by Gasteiger charge is -2.30. The van der Waals surface area contributed by atoms with Crippen molar-refractivity contribution in [3.05, 3.63) is 17.5 Å². The van der Waals surface area contributed by atoms with Gasteiger partial charge in [0.05, 0.1) is 18.2 Å². The number of hydrogen-bond donors (Lipinski definition) is 1. The molecular weight excluding hydrogens is 245 g/mol. The summed E-state index contributed by atoms with van der Waals surface area (Å²) in [5, 5.41) is 6.98. The maximum absolute atomic E-state index is 12.5. The molecule has 1 saturated carbocycles. The fourth-order valence-electron chi connectivity index (χ4n) is 2.37. The van der Waals surface area contributed by atoms with Gasteiger partial charge in [0, 0.05) is 12.1 Å². The van der Waals surface area contributed by atoms with Gasteiger partial charge in [0.1, 0.15) is 0 Å². The summed E-state index contributed by atoms with van der Waals surface area (Å²) in [5.74, 6) is -0.395. The van der Waals surface area contributed by atoms with Crippen molar-refractivity contribution in [3.63, 3.8) is 0 Å². The lowest BCUT2D eigenvalue weighted by molar-refractivity contribution is -0.182. The van der Waals surface area contributed by atoms with Crippen molar-refractivity contribution in [3.8, 4) is 0 Å². The van der Waals surface area contributed by atoms with Crippen molar-refractivity contribution in [2.24, 2.45) is 5.92 Å². The van der Waals surface area contributed by atoms with Gasteiger partial charge in [-0.1, -0.05) is 5.16 Å². The number of aromatic nitrogens is 1. The Morgan fingerprint density at radius 1 is 1.33 bits per heavy atom. The number of nitrogens with zero attached hydrogens (tertiary/aromatic N) is 1. The Bertz CT molecular complexity index is 381. The summed E-state index contributed by atoms with van der Waals surface area (Å²) >= 11 is 0. The predicted molar refractivity (Wildman–Crippen MR) is 59.9 cm³/mol. The van der Waals surface area contributed by atoms with Crippen LogP contribution in [0.1, 0.15) is 37.1 Å². The molecule has 0 spiro atoms. The summed E-state index contributed by atoms with van der Waals surface area (Å²) in [6.07, 6.45) is -2.46. The normalized spacial score (nSPS) is 25.3. The van der Waals surface area contributed by atoms with Crippen LogP contribution in [0.4, 0.5) is 13.2 Å². The van der Waals surface area contributed by atoms with Crippen LogP contribution in [0.15, 0.2) is 10.6 Å². The summed E-state index contributed by atoms with van der Waals surface area (Å²) in [7, 11) is 0. The van der Waals surface area contributed by atoms with E-state index in [0.29, 0.717) is 19.4 Å². The van der Waals surface area contributed by atoms with Crippen molar-refractivity contribution in [2.75, 3.05) is 0 Å². The molecule has 1 heterocycles. The van der Waals surface area contributed by atoms with Gasteiger partial charge in [-0.3, -0.25) is 0 Å². The molecule has 0 aliphatic heterocycles. The number of aryl methyl sites for hydroxylation is 1. The van der Waals surface area contributed by atoms with Gasteiger partial charge in [0.2, 0.25) is 0 Å². The molecule has 1 aromatic rings. The number of hydrogen-bond acceptors (Lipinski definition) is 3. The molecule has 0 amide bonds. The zero-order valence-electron chi connectivity index (χ0n) is 10.3. The third kappa shape index (κ3) is 3.48. The molecule has 0 atom stereocenters. The first-order valence-electron chi connectivity index (χ1n) is 6.17. The Hall–Kier alpha value is -1.04. The van der Waals surface area contributed by atoms with Gasteiger partial charge in [0.15, 0.2) is 5.76 Å². The first-order valence-corrected chi connectivity index (χ1v) is 6.17. The maximum atomic E-state index is 12.5. The topological polar surface area (TPSA) is 38.1 Å². The standard InChI is InChI=1S/C12H17F3N2O/c1-8-6-11(18-17-8)7-16-10-4-2-9(3-5-10)12(13,14)15/h6,9-10,16H,2-5,7H2,1H3. The molecule has 1 aliphatic rings. The van der Waals surface area contributed by atoms with E-state index in [1.807, 2.05) is 13.0 Å². The second-order valence-electron chi connectivity index (χ2n) is 4.91. The molecule has 1 aromatic heterocycles. The molecule has 1 N–H and O–H groups in total. The average molecular weight is 262 g/mol.